The van der Waals surface area contributed by atoms with Gasteiger partial charge in [-0.3, -0.25) is 4.79 Å². The molecule has 1 heterocycles. The second-order valence-corrected chi connectivity index (χ2v) is 10.3. The number of aryl methyl sites for hydroxylation is 1. The van der Waals surface area contributed by atoms with Gasteiger partial charge in [-0.25, -0.2) is 4.98 Å². The van der Waals surface area contributed by atoms with Crippen molar-refractivity contribution in [2.75, 3.05) is 5.32 Å². The maximum Gasteiger partial charge on any atom is 0.573 e. The smallest absolute Gasteiger partial charge is 0.481 e. The predicted molar refractivity (Wildman–Crippen MR) is 128 cm³/mol. The van der Waals surface area contributed by atoms with Gasteiger partial charge in [0.05, 0.1) is 11.0 Å². The Morgan fingerprint density at radius 1 is 1.20 bits per heavy atom. The lowest BCUT2D eigenvalue weighted by Gasteiger charge is -2.40. The van der Waals surface area contributed by atoms with Gasteiger partial charge in [0.2, 0.25) is 5.95 Å². The van der Waals surface area contributed by atoms with Crippen molar-refractivity contribution in [3.8, 4) is 5.75 Å². The van der Waals surface area contributed by atoms with Crippen LogP contribution in [0.4, 0.5) is 24.8 Å². The normalized spacial score (nSPS) is 20.1. The Morgan fingerprint density at radius 2 is 1.91 bits per heavy atom. The summed E-state index contributed by atoms with van der Waals surface area (Å²) in [5.41, 5.74) is 3.34. The van der Waals surface area contributed by atoms with Gasteiger partial charge in [-0.1, -0.05) is 26.8 Å². The van der Waals surface area contributed by atoms with E-state index in [-0.39, 0.29) is 23.6 Å². The number of anilines is 2. The second kappa shape index (κ2) is 9.43. The van der Waals surface area contributed by atoms with Gasteiger partial charge in [0.1, 0.15) is 5.75 Å². The molecule has 9 heteroatoms. The minimum atomic E-state index is -4.74. The van der Waals surface area contributed by atoms with E-state index in [9.17, 15) is 18.0 Å². The van der Waals surface area contributed by atoms with Gasteiger partial charge in [-0.05, 0) is 79.0 Å². The molecule has 0 spiro atoms. The fourth-order valence-electron chi connectivity index (χ4n) is 5.37. The number of hydrogen-bond donors (Lipinski definition) is 2. The highest BCUT2D eigenvalue weighted by atomic mass is 19.4. The van der Waals surface area contributed by atoms with Crippen LogP contribution in [-0.4, -0.2) is 27.0 Å². The van der Waals surface area contributed by atoms with Gasteiger partial charge >= 0.3 is 12.3 Å². The summed E-state index contributed by atoms with van der Waals surface area (Å²) in [6, 6.07) is 11.6. The van der Waals surface area contributed by atoms with Crippen LogP contribution in [0.2, 0.25) is 0 Å². The van der Waals surface area contributed by atoms with Gasteiger partial charge in [0.25, 0.3) is 0 Å². The quantitative estimate of drug-likeness (QED) is 0.371. The zero-order chi connectivity index (χ0) is 25.4. The summed E-state index contributed by atoms with van der Waals surface area (Å²) >= 11 is 0. The summed E-state index contributed by atoms with van der Waals surface area (Å²) in [7, 11) is 0. The molecule has 0 saturated heterocycles. The Hall–Kier alpha value is -3.23. The number of imidazole rings is 1. The summed E-state index contributed by atoms with van der Waals surface area (Å²) in [5, 5.41) is 12.3. The van der Waals surface area contributed by atoms with Crippen molar-refractivity contribution in [3.05, 3.63) is 48.0 Å². The van der Waals surface area contributed by atoms with E-state index in [1.54, 1.807) is 0 Å². The maximum atomic E-state index is 12.5. The lowest BCUT2D eigenvalue weighted by molar-refractivity contribution is -0.274. The lowest BCUT2D eigenvalue weighted by atomic mass is 9.70. The van der Waals surface area contributed by atoms with Gasteiger partial charge in [0.15, 0.2) is 0 Å². The minimum Gasteiger partial charge on any atom is -0.481 e. The van der Waals surface area contributed by atoms with Crippen LogP contribution in [0.15, 0.2) is 42.5 Å². The van der Waals surface area contributed by atoms with E-state index in [1.807, 2.05) is 18.2 Å². The Balaban J connectivity index is 1.70. The number of benzene rings is 2. The van der Waals surface area contributed by atoms with Crippen molar-refractivity contribution in [2.45, 2.75) is 65.3 Å². The monoisotopic (exact) mass is 489 g/mol. The summed E-state index contributed by atoms with van der Waals surface area (Å²) in [6.07, 6.45) is -1.20. The first kappa shape index (κ1) is 24.9. The average Bonchev–Trinajstić information content (AvgIpc) is 3.08. The molecule has 4 rings (SSSR count). The van der Waals surface area contributed by atoms with Crippen molar-refractivity contribution in [2.24, 2.45) is 11.3 Å². The van der Waals surface area contributed by atoms with E-state index in [0.717, 1.165) is 35.9 Å². The first-order valence-corrected chi connectivity index (χ1v) is 11.7. The highest BCUT2D eigenvalue weighted by Crippen LogP contribution is 2.46. The Bertz CT molecular complexity index is 1200. The van der Waals surface area contributed by atoms with Crippen molar-refractivity contribution in [1.82, 2.24) is 9.55 Å². The van der Waals surface area contributed by atoms with Crippen molar-refractivity contribution < 1.29 is 27.8 Å². The fraction of sp³-hybridized carbons (Fsp3) is 0.462. The fourth-order valence-corrected chi connectivity index (χ4v) is 5.37. The third-order valence-electron chi connectivity index (χ3n) is 6.45. The number of aliphatic carboxylic acids is 1. The summed E-state index contributed by atoms with van der Waals surface area (Å²) in [5.74, 6) is -0.00528. The molecule has 2 atom stereocenters. The molecular formula is C26H30F3N3O3. The van der Waals surface area contributed by atoms with E-state index in [2.05, 4.69) is 35.4 Å². The lowest BCUT2D eigenvalue weighted by Crippen LogP contribution is -2.29. The number of ether oxygens (including phenoxy) is 1. The van der Waals surface area contributed by atoms with Crippen LogP contribution in [0, 0.1) is 11.3 Å². The van der Waals surface area contributed by atoms with Crippen molar-refractivity contribution >= 4 is 28.6 Å². The SMILES string of the molecule is C[C@H]1C[C@@H](n2c(Nc3ccc(OC(F)(F)F)cc3)nc3cc(CCC(=O)O)ccc32)CC(C)(C)C1. The molecule has 1 aromatic heterocycles. The van der Waals surface area contributed by atoms with Crippen LogP contribution in [0.5, 0.6) is 5.75 Å². The van der Waals surface area contributed by atoms with Crippen LogP contribution in [0.3, 0.4) is 0 Å². The molecule has 1 fully saturated rings. The summed E-state index contributed by atoms with van der Waals surface area (Å²) < 4.78 is 43.7. The van der Waals surface area contributed by atoms with Crippen LogP contribution in [0.25, 0.3) is 11.0 Å². The van der Waals surface area contributed by atoms with E-state index >= 15 is 0 Å². The van der Waals surface area contributed by atoms with Gasteiger partial charge in [-0.15, -0.1) is 13.2 Å². The topological polar surface area (TPSA) is 76.4 Å². The van der Waals surface area contributed by atoms with Crippen LogP contribution in [0.1, 0.15) is 58.1 Å². The number of rotatable bonds is 7. The molecular weight excluding hydrogens is 459 g/mol. The number of aromatic nitrogens is 2. The molecule has 6 nitrogen and oxygen atoms in total. The van der Waals surface area contributed by atoms with Crippen LogP contribution in [-0.2, 0) is 11.2 Å². The van der Waals surface area contributed by atoms with Gasteiger partial charge in [0, 0.05) is 18.2 Å². The molecule has 3 aromatic rings. The third-order valence-corrected chi connectivity index (χ3v) is 6.45. The van der Waals surface area contributed by atoms with Gasteiger partial charge < -0.3 is 19.7 Å². The predicted octanol–water partition coefficient (Wildman–Crippen LogP) is 7.08. The zero-order valence-corrected chi connectivity index (χ0v) is 20.0. The molecule has 0 aliphatic heterocycles. The molecule has 0 amide bonds. The molecule has 2 N–H and O–H groups in total. The number of nitrogens with zero attached hydrogens (tertiary/aromatic N) is 2. The molecule has 35 heavy (non-hydrogen) atoms. The summed E-state index contributed by atoms with van der Waals surface area (Å²) in [4.78, 5) is 15.8. The molecule has 0 bridgehead atoms. The molecule has 0 unspecified atom stereocenters. The maximum absolute atomic E-state index is 12.5. The minimum absolute atomic E-state index is 0.0397. The van der Waals surface area contributed by atoms with Crippen molar-refractivity contribution in [3.63, 3.8) is 0 Å². The second-order valence-electron chi connectivity index (χ2n) is 10.3. The third kappa shape index (κ3) is 6.26. The number of carboxylic acid groups (broad SMARTS) is 1. The first-order valence-electron chi connectivity index (χ1n) is 11.7. The van der Waals surface area contributed by atoms with E-state index in [1.165, 1.54) is 24.3 Å². The standard InChI is InChI=1S/C26H30F3N3O3/c1-16-12-19(15-25(2,3)14-16)32-22-10-4-17(5-11-23(33)34)13-21(22)31-24(32)30-18-6-8-20(9-7-18)35-26(27,28)29/h4,6-10,13,16,19H,5,11-12,14-15H2,1-3H3,(H,30,31)(H,33,34)/t16-,19+/m0/s1. The Kier molecular flexibility index (Phi) is 6.71. The zero-order valence-electron chi connectivity index (χ0n) is 20.0. The Labute approximate surface area is 202 Å². The number of hydrogen-bond acceptors (Lipinski definition) is 4. The number of fused-ring (bicyclic) bond motifs is 1. The molecule has 1 aliphatic carbocycles. The average molecular weight is 490 g/mol. The van der Waals surface area contributed by atoms with Gasteiger partial charge in [-0.2, -0.15) is 0 Å². The molecule has 188 valence electrons. The number of nitrogens with one attached hydrogen (secondary N) is 1. The number of carboxylic acids is 1. The summed E-state index contributed by atoms with van der Waals surface area (Å²) in [6.45, 7) is 6.79. The molecule has 1 saturated carbocycles. The van der Waals surface area contributed by atoms with E-state index < -0.39 is 12.3 Å². The highest BCUT2D eigenvalue weighted by molar-refractivity contribution is 5.81. The molecule has 0 radical (unpaired) electrons. The number of halogens is 3. The first-order chi connectivity index (χ1) is 16.4. The largest absolute Gasteiger partial charge is 0.573 e. The molecule has 1 aliphatic rings. The van der Waals surface area contributed by atoms with Crippen LogP contribution < -0.4 is 10.1 Å². The van der Waals surface area contributed by atoms with E-state index in [0.29, 0.717) is 24.0 Å². The molecule has 2 aromatic carbocycles. The highest BCUT2D eigenvalue weighted by Gasteiger charge is 2.35. The van der Waals surface area contributed by atoms with Crippen molar-refractivity contribution in [1.29, 1.82) is 0 Å². The van der Waals surface area contributed by atoms with E-state index in [4.69, 9.17) is 10.1 Å². The number of alkyl halides is 3. The van der Waals surface area contributed by atoms with Crippen LogP contribution >= 0.6 is 0 Å². The number of carbonyl (C=O) groups is 1. The Morgan fingerprint density at radius 3 is 2.54 bits per heavy atom.